The predicted octanol–water partition coefficient (Wildman–Crippen LogP) is 3.34. The highest BCUT2D eigenvalue weighted by Crippen LogP contribution is 2.22. The normalized spacial score (nSPS) is 10.1. The van der Waals surface area contributed by atoms with E-state index in [-0.39, 0.29) is 11.5 Å². The van der Waals surface area contributed by atoms with Crippen molar-refractivity contribution in [3.63, 3.8) is 0 Å². The lowest BCUT2D eigenvalue weighted by atomic mass is 10.1. The minimum atomic E-state index is -1.04. The summed E-state index contributed by atoms with van der Waals surface area (Å²) in [6.45, 7) is 4.19. The first-order valence-corrected chi connectivity index (χ1v) is 6.89. The summed E-state index contributed by atoms with van der Waals surface area (Å²) in [5.41, 5.74) is 1.90. The van der Waals surface area contributed by atoms with Crippen molar-refractivity contribution >= 4 is 17.6 Å². The fourth-order valence-corrected chi connectivity index (χ4v) is 2.03. The third kappa shape index (κ3) is 3.63. The van der Waals surface area contributed by atoms with Gasteiger partial charge >= 0.3 is 5.97 Å². The van der Waals surface area contributed by atoms with Crippen LogP contribution >= 0.6 is 0 Å². The van der Waals surface area contributed by atoms with Crippen molar-refractivity contribution in [2.75, 3.05) is 11.9 Å². The van der Waals surface area contributed by atoms with Crippen molar-refractivity contribution in [3.05, 3.63) is 59.2 Å². The molecule has 0 unspecified atom stereocenters. The van der Waals surface area contributed by atoms with Crippen molar-refractivity contribution in [3.8, 4) is 5.75 Å². The molecule has 0 saturated carbocycles. The van der Waals surface area contributed by atoms with Crippen LogP contribution in [0.5, 0.6) is 5.75 Å². The minimum absolute atomic E-state index is 0.118. The topological polar surface area (TPSA) is 75.6 Å². The lowest BCUT2D eigenvalue weighted by molar-refractivity contribution is 0.0696. The van der Waals surface area contributed by atoms with Gasteiger partial charge in [-0.05, 0) is 44.2 Å². The molecule has 0 aliphatic heterocycles. The smallest absolute Gasteiger partial charge is 0.335 e. The van der Waals surface area contributed by atoms with Gasteiger partial charge in [-0.1, -0.05) is 17.7 Å². The number of benzene rings is 2. The van der Waals surface area contributed by atoms with Gasteiger partial charge in [-0.2, -0.15) is 0 Å². The van der Waals surface area contributed by atoms with E-state index in [9.17, 15) is 9.59 Å². The van der Waals surface area contributed by atoms with Crippen LogP contribution in [-0.2, 0) is 0 Å². The Morgan fingerprint density at radius 2 is 1.95 bits per heavy atom. The summed E-state index contributed by atoms with van der Waals surface area (Å²) >= 11 is 0. The third-order valence-corrected chi connectivity index (χ3v) is 3.05. The van der Waals surface area contributed by atoms with Gasteiger partial charge in [0.25, 0.3) is 5.91 Å². The zero-order valence-corrected chi connectivity index (χ0v) is 12.4. The first kappa shape index (κ1) is 15.6. The Labute approximate surface area is 128 Å². The number of carbonyl (C=O) groups is 2. The number of aryl methyl sites for hydroxylation is 1. The molecule has 5 nitrogen and oxygen atoms in total. The number of carbonyl (C=O) groups excluding carboxylic acids is 1. The second kappa shape index (κ2) is 6.76. The molecule has 22 heavy (non-hydrogen) atoms. The van der Waals surface area contributed by atoms with Crippen molar-refractivity contribution in [2.45, 2.75) is 13.8 Å². The molecule has 0 atom stereocenters. The van der Waals surface area contributed by atoms with E-state index in [1.807, 2.05) is 19.9 Å². The van der Waals surface area contributed by atoms with Crippen LogP contribution in [0.3, 0.4) is 0 Å². The molecule has 0 spiro atoms. The van der Waals surface area contributed by atoms with Gasteiger partial charge in [0.05, 0.1) is 17.7 Å². The molecular formula is C17H17NO4. The second-order valence-corrected chi connectivity index (χ2v) is 4.77. The molecular weight excluding hydrogens is 282 g/mol. The molecule has 2 aromatic rings. The maximum absolute atomic E-state index is 12.4. The largest absolute Gasteiger partial charge is 0.493 e. The fourth-order valence-electron chi connectivity index (χ4n) is 2.03. The highest BCUT2D eigenvalue weighted by atomic mass is 16.5. The SMILES string of the molecule is CCOc1ccc(C)cc1C(=O)Nc1cccc(C(=O)O)c1. The lowest BCUT2D eigenvalue weighted by Crippen LogP contribution is -2.14. The molecule has 0 aromatic heterocycles. The standard InChI is InChI=1S/C17H17NO4/c1-3-22-15-8-7-11(2)9-14(15)16(19)18-13-6-4-5-12(10-13)17(20)21/h4-10H,3H2,1-2H3,(H,18,19)(H,20,21). The number of carboxylic acid groups (broad SMARTS) is 1. The number of amides is 1. The number of aromatic carboxylic acids is 1. The van der Waals surface area contributed by atoms with Crippen LogP contribution in [0.2, 0.25) is 0 Å². The molecule has 114 valence electrons. The maximum Gasteiger partial charge on any atom is 0.335 e. The average Bonchev–Trinajstić information content (AvgIpc) is 2.49. The van der Waals surface area contributed by atoms with E-state index >= 15 is 0 Å². The van der Waals surface area contributed by atoms with Gasteiger partial charge < -0.3 is 15.2 Å². The zero-order valence-electron chi connectivity index (χ0n) is 12.4. The van der Waals surface area contributed by atoms with Crippen LogP contribution in [0.25, 0.3) is 0 Å². The molecule has 0 heterocycles. The molecule has 0 radical (unpaired) electrons. The number of hydrogen-bond donors (Lipinski definition) is 2. The minimum Gasteiger partial charge on any atom is -0.493 e. The Bertz CT molecular complexity index is 710. The molecule has 0 fully saturated rings. The number of carboxylic acids is 1. The van der Waals surface area contributed by atoms with E-state index in [2.05, 4.69) is 5.32 Å². The molecule has 0 aliphatic carbocycles. The third-order valence-electron chi connectivity index (χ3n) is 3.05. The first-order valence-electron chi connectivity index (χ1n) is 6.89. The quantitative estimate of drug-likeness (QED) is 0.887. The summed E-state index contributed by atoms with van der Waals surface area (Å²) in [4.78, 5) is 23.4. The summed E-state index contributed by atoms with van der Waals surface area (Å²) in [5.74, 6) is -0.878. The molecule has 2 aromatic carbocycles. The molecule has 2 N–H and O–H groups in total. The number of ether oxygens (including phenoxy) is 1. The van der Waals surface area contributed by atoms with Crippen LogP contribution < -0.4 is 10.1 Å². The van der Waals surface area contributed by atoms with Gasteiger partial charge in [0.15, 0.2) is 0 Å². The Morgan fingerprint density at radius 1 is 1.18 bits per heavy atom. The van der Waals surface area contributed by atoms with Crippen LogP contribution in [0.1, 0.15) is 33.2 Å². The van der Waals surface area contributed by atoms with Crippen LogP contribution in [0.4, 0.5) is 5.69 Å². The summed E-state index contributed by atoms with van der Waals surface area (Å²) in [7, 11) is 0. The predicted molar refractivity (Wildman–Crippen MR) is 83.7 cm³/mol. The average molecular weight is 299 g/mol. The van der Waals surface area contributed by atoms with Gasteiger partial charge in [0.2, 0.25) is 0 Å². The number of nitrogens with one attached hydrogen (secondary N) is 1. The summed E-state index contributed by atoms with van der Waals surface area (Å²) < 4.78 is 5.46. The number of hydrogen-bond acceptors (Lipinski definition) is 3. The lowest BCUT2D eigenvalue weighted by Gasteiger charge is -2.11. The van der Waals surface area contributed by atoms with E-state index in [1.165, 1.54) is 12.1 Å². The zero-order chi connectivity index (χ0) is 16.1. The first-order chi connectivity index (χ1) is 10.5. The van der Waals surface area contributed by atoms with Gasteiger partial charge in [-0.3, -0.25) is 4.79 Å². The highest BCUT2D eigenvalue weighted by molar-refractivity contribution is 6.06. The number of anilines is 1. The number of rotatable bonds is 5. The van der Waals surface area contributed by atoms with Gasteiger partial charge in [0, 0.05) is 5.69 Å². The van der Waals surface area contributed by atoms with Crippen molar-refractivity contribution in [1.29, 1.82) is 0 Å². The van der Waals surface area contributed by atoms with Crippen LogP contribution in [-0.4, -0.2) is 23.6 Å². The maximum atomic E-state index is 12.4. The van der Waals surface area contributed by atoms with E-state index in [4.69, 9.17) is 9.84 Å². The van der Waals surface area contributed by atoms with E-state index in [1.54, 1.807) is 24.3 Å². The van der Waals surface area contributed by atoms with Gasteiger partial charge in [-0.15, -0.1) is 0 Å². The molecule has 0 aliphatic rings. The van der Waals surface area contributed by atoms with E-state index < -0.39 is 5.97 Å². The Morgan fingerprint density at radius 3 is 2.64 bits per heavy atom. The van der Waals surface area contributed by atoms with Crippen LogP contribution in [0.15, 0.2) is 42.5 Å². The second-order valence-electron chi connectivity index (χ2n) is 4.77. The molecule has 5 heteroatoms. The van der Waals surface area contributed by atoms with E-state index in [0.29, 0.717) is 23.6 Å². The van der Waals surface area contributed by atoms with Crippen molar-refractivity contribution < 1.29 is 19.4 Å². The summed E-state index contributed by atoms with van der Waals surface area (Å²) in [6.07, 6.45) is 0. The van der Waals surface area contributed by atoms with Crippen LogP contribution in [0, 0.1) is 6.92 Å². The van der Waals surface area contributed by atoms with Crippen molar-refractivity contribution in [1.82, 2.24) is 0 Å². The fraction of sp³-hybridized carbons (Fsp3) is 0.176. The molecule has 2 rings (SSSR count). The Kier molecular flexibility index (Phi) is 4.78. The van der Waals surface area contributed by atoms with E-state index in [0.717, 1.165) is 5.56 Å². The summed E-state index contributed by atoms with van der Waals surface area (Å²) in [6, 6.07) is 11.5. The molecule has 1 amide bonds. The summed E-state index contributed by atoms with van der Waals surface area (Å²) in [5, 5.41) is 11.7. The molecule has 0 saturated heterocycles. The van der Waals surface area contributed by atoms with Crippen molar-refractivity contribution in [2.24, 2.45) is 0 Å². The monoisotopic (exact) mass is 299 g/mol. The molecule has 0 bridgehead atoms. The Balaban J connectivity index is 2.27. The van der Waals surface area contributed by atoms with Gasteiger partial charge in [0.1, 0.15) is 5.75 Å². The highest BCUT2D eigenvalue weighted by Gasteiger charge is 2.14. The van der Waals surface area contributed by atoms with Gasteiger partial charge in [-0.25, -0.2) is 4.79 Å². The Hall–Kier alpha value is -2.82.